The van der Waals surface area contributed by atoms with Crippen LogP contribution in [0, 0.1) is 6.92 Å². The van der Waals surface area contributed by atoms with Crippen LogP contribution in [0.25, 0.3) is 0 Å². The number of nitrogens with two attached hydrogens (primary N) is 1. The summed E-state index contributed by atoms with van der Waals surface area (Å²) < 4.78 is 5.69. The van der Waals surface area contributed by atoms with E-state index in [9.17, 15) is 4.79 Å². The van der Waals surface area contributed by atoms with E-state index >= 15 is 0 Å². The minimum atomic E-state index is -0.0805. The van der Waals surface area contributed by atoms with Gasteiger partial charge in [0, 0.05) is 23.6 Å². The number of ether oxygens (including phenoxy) is 1. The van der Waals surface area contributed by atoms with Crippen molar-refractivity contribution in [2.24, 2.45) is 0 Å². The predicted molar refractivity (Wildman–Crippen MR) is 69.9 cm³/mol. The third kappa shape index (κ3) is 2.66. The van der Waals surface area contributed by atoms with Gasteiger partial charge in [0.25, 0.3) is 0 Å². The highest BCUT2D eigenvalue weighted by atomic mass is 16.5. The molecule has 4 heteroatoms. The van der Waals surface area contributed by atoms with Crippen molar-refractivity contribution < 1.29 is 9.53 Å². The zero-order valence-electron chi connectivity index (χ0n) is 10.3. The number of pyridine rings is 1. The summed E-state index contributed by atoms with van der Waals surface area (Å²) in [5.41, 5.74) is 7.54. The summed E-state index contributed by atoms with van der Waals surface area (Å²) in [6, 6.07) is 8.57. The van der Waals surface area contributed by atoms with Gasteiger partial charge in [0.15, 0.2) is 5.78 Å². The highest BCUT2D eigenvalue weighted by Gasteiger charge is 2.10. The second kappa shape index (κ2) is 4.87. The van der Waals surface area contributed by atoms with Crippen LogP contribution in [0.2, 0.25) is 0 Å². The first kappa shape index (κ1) is 12.1. The van der Waals surface area contributed by atoms with E-state index in [0.717, 1.165) is 5.69 Å². The van der Waals surface area contributed by atoms with Crippen LogP contribution in [0.1, 0.15) is 23.0 Å². The van der Waals surface area contributed by atoms with E-state index in [4.69, 9.17) is 10.5 Å². The Morgan fingerprint density at radius 2 is 2.06 bits per heavy atom. The third-order valence-electron chi connectivity index (χ3n) is 2.48. The van der Waals surface area contributed by atoms with Gasteiger partial charge in [0.2, 0.25) is 0 Å². The van der Waals surface area contributed by atoms with Gasteiger partial charge in [-0.05, 0) is 38.1 Å². The van der Waals surface area contributed by atoms with Gasteiger partial charge in [-0.3, -0.25) is 9.78 Å². The Labute approximate surface area is 105 Å². The molecule has 1 aromatic carbocycles. The zero-order valence-corrected chi connectivity index (χ0v) is 10.3. The van der Waals surface area contributed by atoms with Crippen LogP contribution < -0.4 is 10.5 Å². The molecule has 0 bridgehead atoms. The Hall–Kier alpha value is -2.36. The van der Waals surface area contributed by atoms with Crippen molar-refractivity contribution >= 4 is 11.5 Å². The molecule has 0 radical (unpaired) electrons. The van der Waals surface area contributed by atoms with Crippen molar-refractivity contribution in [3.8, 4) is 11.5 Å². The molecule has 18 heavy (non-hydrogen) atoms. The van der Waals surface area contributed by atoms with E-state index in [1.54, 1.807) is 36.5 Å². The molecular weight excluding hydrogens is 228 g/mol. The van der Waals surface area contributed by atoms with Gasteiger partial charge in [-0.15, -0.1) is 0 Å². The number of nitrogen functional groups attached to an aromatic ring is 1. The SMILES string of the molecule is CC(=O)c1cc(N)ccc1Oc1ccnc(C)c1. The lowest BCUT2D eigenvalue weighted by atomic mass is 10.1. The Morgan fingerprint density at radius 1 is 1.28 bits per heavy atom. The molecule has 2 aromatic rings. The molecule has 0 fully saturated rings. The van der Waals surface area contributed by atoms with Crippen LogP contribution in [0.3, 0.4) is 0 Å². The molecule has 0 atom stereocenters. The molecule has 92 valence electrons. The van der Waals surface area contributed by atoms with Crippen molar-refractivity contribution in [3.05, 3.63) is 47.8 Å². The quantitative estimate of drug-likeness (QED) is 0.663. The van der Waals surface area contributed by atoms with E-state index in [2.05, 4.69) is 4.98 Å². The molecule has 2 rings (SSSR count). The number of hydrogen-bond donors (Lipinski definition) is 1. The molecule has 4 nitrogen and oxygen atoms in total. The van der Waals surface area contributed by atoms with E-state index < -0.39 is 0 Å². The van der Waals surface area contributed by atoms with Gasteiger partial charge in [-0.25, -0.2) is 0 Å². The number of aryl methyl sites for hydroxylation is 1. The van der Waals surface area contributed by atoms with Gasteiger partial charge >= 0.3 is 0 Å². The molecule has 0 aliphatic carbocycles. The topological polar surface area (TPSA) is 65.2 Å². The summed E-state index contributed by atoms with van der Waals surface area (Å²) >= 11 is 0. The molecule has 0 saturated heterocycles. The van der Waals surface area contributed by atoms with Crippen molar-refractivity contribution in [1.82, 2.24) is 4.98 Å². The molecule has 2 N–H and O–H groups in total. The lowest BCUT2D eigenvalue weighted by Crippen LogP contribution is -1.99. The lowest BCUT2D eigenvalue weighted by molar-refractivity contribution is 0.101. The van der Waals surface area contributed by atoms with E-state index in [-0.39, 0.29) is 5.78 Å². The molecule has 0 aliphatic heterocycles. The van der Waals surface area contributed by atoms with Gasteiger partial charge in [-0.1, -0.05) is 0 Å². The van der Waals surface area contributed by atoms with Gasteiger partial charge in [-0.2, -0.15) is 0 Å². The fourth-order valence-corrected chi connectivity index (χ4v) is 1.62. The summed E-state index contributed by atoms with van der Waals surface area (Å²) in [7, 11) is 0. The number of ketones is 1. The molecule has 0 unspecified atom stereocenters. The number of hydrogen-bond acceptors (Lipinski definition) is 4. The number of carbonyl (C=O) groups is 1. The average molecular weight is 242 g/mol. The Morgan fingerprint density at radius 3 is 2.72 bits per heavy atom. The number of benzene rings is 1. The maximum atomic E-state index is 11.5. The molecule has 1 aromatic heterocycles. The second-order valence-electron chi connectivity index (χ2n) is 4.05. The van der Waals surface area contributed by atoms with Crippen molar-refractivity contribution in [1.29, 1.82) is 0 Å². The fraction of sp³-hybridized carbons (Fsp3) is 0.143. The van der Waals surface area contributed by atoms with E-state index in [0.29, 0.717) is 22.7 Å². The Kier molecular flexibility index (Phi) is 3.28. The lowest BCUT2D eigenvalue weighted by Gasteiger charge is -2.10. The summed E-state index contributed by atoms with van der Waals surface area (Å²) in [4.78, 5) is 15.6. The number of anilines is 1. The van der Waals surface area contributed by atoms with Crippen LogP contribution >= 0.6 is 0 Å². The molecule has 0 saturated carbocycles. The Balaban J connectivity index is 2.37. The first-order valence-electron chi connectivity index (χ1n) is 5.57. The monoisotopic (exact) mass is 242 g/mol. The minimum Gasteiger partial charge on any atom is -0.456 e. The van der Waals surface area contributed by atoms with E-state index in [1.807, 2.05) is 6.92 Å². The van der Waals surface area contributed by atoms with Gasteiger partial charge in [0.05, 0.1) is 5.56 Å². The standard InChI is InChI=1S/C14H14N2O2/c1-9-7-12(5-6-16-9)18-14-4-3-11(15)8-13(14)10(2)17/h3-8H,15H2,1-2H3. The summed E-state index contributed by atoms with van der Waals surface area (Å²) in [5, 5.41) is 0. The number of nitrogens with zero attached hydrogens (tertiary/aromatic N) is 1. The van der Waals surface area contributed by atoms with Crippen molar-refractivity contribution in [3.63, 3.8) is 0 Å². The predicted octanol–water partition coefficient (Wildman–Crippen LogP) is 2.97. The zero-order chi connectivity index (χ0) is 13.1. The second-order valence-corrected chi connectivity index (χ2v) is 4.05. The first-order valence-corrected chi connectivity index (χ1v) is 5.57. The summed E-state index contributed by atoms with van der Waals surface area (Å²) in [6.07, 6.45) is 1.66. The van der Waals surface area contributed by atoms with Gasteiger partial charge < -0.3 is 10.5 Å². The molecule has 0 aliphatic rings. The smallest absolute Gasteiger partial charge is 0.163 e. The first-order chi connectivity index (χ1) is 8.56. The normalized spacial score (nSPS) is 10.1. The average Bonchev–Trinajstić information content (AvgIpc) is 2.31. The molecule has 0 amide bonds. The highest BCUT2D eigenvalue weighted by molar-refractivity contribution is 5.97. The van der Waals surface area contributed by atoms with Gasteiger partial charge in [0.1, 0.15) is 11.5 Å². The molecular formula is C14H14N2O2. The maximum absolute atomic E-state index is 11.5. The maximum Gasteiger partial charge on any atom is 0.163 e. The summed E-state index contributed by atoms with van der Waals surface area (Å²) in [6.45, 7) is 3.36. The largest absolute Gasteiger partial charge is 0.456 e. The number of Topliss-reactive ketones (excluding diaryl/α,β-unsaturated/α-hetero) is 1. The minimum absolute atomic E-state index is 0.0805. The third-order valence-corrected chi connectivity index (χ3v) is 2.48. The summed E-state index contributed by atoms with van der Waals surface area (Å²) in [5.74, 6) is 1.07. The van der Waals surface area contributed by atoms with Crippen LogP contribution in [0.4, 0.5) is 5.69 Å². The van der Waals surface area contributed by atoms with E-state index in [1.165, 1.54) is 6.92 Å². The van der Waals surface area contributed by atoms with Crippen molar-refractivity contribution in [2.75, 3.05) is 5.73 Å². The molecule has 0 spiro atoms. The molecule has 1 heterocycles. The highest BCUT2D eigenvalue weighted by Crippen LogP contribution is 2.27. The van der Waals surface area contributed by atoms with Crippen LogP contribution in [0.5, 0.6) is 11.5 Å². The van der Waals surface area contributed by atoms with Crippen LogP contribution in [-0.4, -0.2) is 10.8 Å². The fourth-order valence-electron chi connectivity index (χ4n) is 1.62. The van der Waals surface area contributed by atoms with Crippen molar-refractivity contribution in [2.45, 2.75) is 13.8 Å². The Bertz CT molecular complexity index is 594. The number of carbonyl (C=O) groups excluding carboxylic acids is 1. The van der Waals surface area contributed by atoms with Crippen LogP contribution in [0.15, 0.2) is 36.5 Å². The number of rotatable bonds is 3. The number of aromatic nitrogens is 1. The van der Waals surface area contributed by atoms with Crippen LogP contribution in [-0.2, 0) is 0 Å².